The van der Waals surface area contributed by atoms with Crippen molar-refractivity contribution in [3.05, 3.63) is 0 Å². The van der Waals surface area contributed by atoms with E-state index in [1.54, 1.807) is 0 Å². The number of rotatable bonds is 2. The molecule has 0 aromatic rings. The minimum atomic E-state index is 0.277. The van der Waals surface area contributed by atoms with E-state index in [4.69, 9.17) is 5.73 Å². The third-order valence-corrected chi connectivity index (χ3v) is 3.48. The summed E-state index contributed by atoms with van der Waals surface area (Å²) < 4.78 is 0. The number of hydrogen-bond acceptors (Lipinski definition) is 1. The highest BCUT2D eigenvalue weighted by molar-refractivity contribution is 5.03. The maximum absolute atomic E-state index is 6.11. The predicted octanol–water partition coefficient (Wildman–Crippen LogP) is 2.45. The van der Waals surface area contributed by atoms with Crippen molar-refractivity contribution in [1.29, 1.82) is 0 Å². The quantitative estimate of drug-likeness (QED) is 0.648. The van der Waals surface area contributed by atoms with Crippen molar-refractivity contribution in [2.24, 2.45) is 11.1 Å². The molecule has 2 aliphatic rings. The molecule has 2 aliphatic carbocycles. The Morgan fingerprint density at radius 3 is 2.09 bits per heavy atom. The van der Waals surface area contributed by atoms with Crippen LogP contribution in [0, 0.1) is 5.41 Å². The molecular weight excluding hydrogens is 134 g/mol. The van der Waals surface area contributed by atoms with Gasteiger partial charge in [0.1, 0.15) is 0 Å². The van der Waals surface area contributed by atoms with Crippen LogP contribution >= 0.6 is 0 Å². The Morgan fingerprint density at radius 1 is 1.09 bits per heavy atom. The summed E-state index contributed by atoms with van der Waals surface area (Å²) in [7, 11) is 0. The van der Waals surface area contributed by atoms with Gasteiger partial charge in [-0.05, 0) is 37.5 Å². The molecule has 2 rings (SSSR count). The van der Waals surface area contributed by atoms with Crippen molar-refractivity contribution in [1.82, 2.24) is 0 Å². The van der Waals surface area contributed by atoms with Crippen LogP contribution in [0.2, 0.25) is 0 Å². The third-order valence-electron chi connectivity index (χ3n) is 3.48. The lowest BCUT2D eigenvalue weighted by Crippen LogP contribution is -2.29. The Hall–Kier alpha value is -0.0400. The van der Waals surface area contributed by atoms with Crippen molar-refractivity contribution in [3.8, 4) is 0 Å². The van der Waals surface area contributed by atoms with Gasteiger partial charge in [-0.15, -0.1) is 0 Å². The van der Waals surface area contributed by atoms with Crippen molar-refractivity contribution in [2.75, 3.05) is 0 Å². The number of nitrogens with two attached hydrogens (primary N) is 1. The van der Waals surface area contributed by atoms with Crippen LogP contribution in [0.4, 0.5) is 0 Å². The molecule has 0 unspecified atom stereocenters. The van der Waals surface area contributed by atoms with Gasteiger partial charge in [0.05, 0.1) is 0 Å². The van der Waals surface area contributed by atoms with Gasteiger partial charge in [-0.3, -0.25) is 0 Å². The Bertz CT molecular complexity index is 152. The SMILES string of the molecule is CC1(CC2(N)CC2)CCCC1. The lowest BCUT2D eigenvalue weighted by molar-refractivity contribution is 0.273. The van der Waals surface area contributed by atoms with E-state index in [1.807, 2.05) is 0 Å². The molecule has 0 radical (unpaired) electrons. The Balaban J connectivity index is 1.92. The van der Waals surface area contributed by atoms with Gasteiger partial charge in [0.25, 0.3) is 0 Å². The lowest BCUT2D eigenvalue weighted by Gasteiger charge is -2.26. The molecule has 0 aromatic heterocycles. The van der Waals surface area contributed by atoms with Gasteiger partial charge in [-0.1, -0.05) is 19.8 Å². The molecule has 0 heterocycles. The van der Waals surface area contributed by atoms with Crippen LogP contribution in [0.25, 0.3) is 0 Å². The highest BCUT2D eigenvalue weighted by atomic mass is 14.8. The fourth-order valence-corrected chi connectivity index (χ4v) is 2.59. The van der Waals surface area contributed by atoms with Crippen LogP contribution in [0.3, 0.4) is 0 Å². The van der Waals surface area contributed by atoms with E-state index in [9.17, 15) is 0 Å². The van der Waals surface area contributed by atoms with Crippen molar-refractivity contribution < 1.29 is 0 Å². The Labute approximate surface area is 69.4 Å². The first kappa shape index (κ1) is 7.60. The first-order chi connectivity index (χ1) is 5.12. The van der Waals surface area contributed by atoms with Gasteiger partial charge in [0.2, 0.25) is 0 Å². The van der Waals surface area contributed by atoms with Crippen LogP contribution in [0.15, 0.2) is 0 Å². The first-order valence-electron chi connectivity index (χ1n) is 4.91. The summed E-state index contributed by atoms with van der Waals surface area (Å²) in [5, 5.41) is 0. The second-order valence-corrected chi connectivity index (χ2v) is 5.06. The van der Waals surface area contributed by atoms with E-state index >= 15 is 0 Å². The van der Waals surface area contributed by atoms with E-state index in [0.29, 0.717) is 5.41 Å². The molecule has 64 valence electrons. The van der Waals surface area contributed by atoms with Crippen LogP contribution in [0.1, 0.15) is 51.9 Å². The van der Waals surface area contributed by atoms with Crippen LogP contribution in [-0.2, 0) is 0 Å². The maximum atomic E-state index is 6.11. The fourth-order valence-electron chi connectivity index (χ4n) is 2.59. The maximum Gasteiger partial charge on any atom is 0.0160 e. The van der Waals surface area contributed by atoms with Gasteiger partial charge in [0, 0.05) is 5.54 Å². The zero-order valence-corrected chi connectivity index (χ0v) is 7.53. The normalized spacial score (nSPS) is 32.2. The van der Waals surface area contributed by atoms with Gasteiger partial charge in [-0.2, -0.15) is 0 Å². The Morgan fingerprint density at radius 2 is 1.64 bits per heavy atom. The molecule has 1 nitrogen and oxygen atoms in total. The second-order valence-electron chi connectivity index (χ2n) is 5.06. The predicted molar refractivity (Wildman–Crippen MR) is 47.3 cm³/mol. The summed E-state index contributed by atoms with van der Waals surface area (Å²) >= 11 is 0. The highest BCUT2D eigenvalue weighted by Crippen LogP contribution is 2.49. The lowest BCUT2D eigenvalue weighted by atomic mass is 9.81. The standard InChI is InChI=1S/C10H19N/c1-9(4-2-3-5-9)8-10(11)6-7-10/h2-8,11H2,1H3. The summed E-state index contributed by atoms with van der Waals surface area (Å²) in [6.45, 7) is 2.42. The van der Waals surface area contributed by atoms with Crippen LogP contribution in [-0.4, -0.2) is 5.54 Å². The van der Waals surface area contributed by atoms with E-state index in [0.717, 1.165) is 0 Å². The molecule has 0 amide bonds. The minimum absolute atomic E-state index is 0.277. The molecule has 11 heavy (non-hydrogen) atoms. The first-order valence-corrected chi connectivity index (χ1v) is 4.91. The summed E-state index contributed by atoms with van der Waals surface area (Å²) in [5.41, 5.74) is 7.00. The van der Waals surface area contributed by atoms with E-state index in [-0.39, 0.29) is 5.54 Å². The average Bonchev–Trinajstić information content (AvgIpc) is 2.43. The van der Waals surface area contributed by atoms with Crippen LogP contribution in [0.5, 0.6) is 0 Å². The Kier molecular flexibility index (Phi) is 1.54. The third kappa shape index (κ3) is 1.58. The van der Waals surface area contributed by atoms with Crippen molar-refractivity contribution >= 4 is 0 Å². The molecule has 0 aliphatic heterocycles. The molecule has 0 atom stereocenters. The van der Waals surface area contributed by atoms with Crippen molar-refractivity contribution in [3.63, 3.8) is 0 Å². The van der Waals surface area contributed by atoms with E-state index < -0.39 is 0 Å². The molecule has 1 heteroatoms. The molecular formula is C10H19N. The molecule has 0 spiro atoms. The zero-order valence-electron chi connectivity index (χ0n) is 7.53. The van der Waals surface area contributed by atoms with Crippen LogP contribution < -0.4 is 5.73 Å². The minimum Gasteiger partial charge on any atom is -0.325 e. The largest absolute Gasteiger partial charge is 0.325 e. The van der Waals surface area contributed by atoms with Gasteiger partial charge in [0.15, 0.2) is 0 Å². The molecule has 0 saturated heterocycles. The summed E-state index contributed by atoms with van der Waals surface area (Å²) in [6, 6.07) is 0. The fraction of sp³-hybridized carbons (Fsp3) is 1.00. The molecule has 2 N–H and O–H groups in total. The zero-order chi connectivity index (χ0) is 7.95. The van der Waals surface area contributed by atoms with Gasteiger partial charge in [-0.25, -0.2) is 0 Å². The van der Waals surface area contributed by atoms with Crippen molar-refractivity contribution in [2.45, 2.75) is 57.4 Å². The molecule has 2 fully saturated rings. The highest BCUT2D eigenvalue weighted by Gasteiger charge is 2.44. The van der Waals surface area contributed by atoms with E-state index in [2.05, 4.69) is 6.92 Å². The molecule has 2 saturated carbocycles. The monoisotopic (exact) mass is 153 g/mol. The summed E-state index contributed by atoms with van der Waals surface area (Å²) in [5.74, 6) is 0. The average molecular weight is 153 g/mol. The second kappa shape index (κ2) is 2.22. The molecule has 0 bridgehead atoms. The topological polar surface area (TPSA) is 26.0 Å². The summed E-state index contributed by atoms with van der Waals surface area (Å²) in [4.78, 5) is 0. The smallest absolute Gasteiger partial charge is 0.0160 e. The van der Waals surface area contributed by atoms with E-state index in [1.165, 1.54) is 44.9 Å². The number of hydrogen-bond donors (Lipinski definition) is 1. The van der Waals surface area contributed by atoms with Gasteiger partial charge < -0.3 is 5.73 Å². The molecule has 0 aromatic carbocycles. The van der Waals surface area contributed by atoms with Gasteiger partial charge >= 0.3 is 0 Å². The summed E-state index contributed by atoms with van der Waals surface area (Å²) in [6.07, 6.45) is 9.57.